The van der Waals surface area contributed by atoms with Gasteiger partial charge in [-0.1, -0.05) is 26.8 Å². The van der Waals surface area contributed by atoms with Gasteiger partial charge in [-0.05, 0) is 42.9 Å². The predicted molar refractivity (Wildman–Crippen MR) is 82.0 cm³/mol. The molecule has 1 unspecified atom stereocenters. The van der Waals surface area contributed by atoms with Crippen molar-refractivity contribution in [3.8, 4) is 0 Å². The highest BCUT2D eigenvalue weighted by Gasteiger charge is 2.36. The van der Waals surface area contributed by atoms with Gasteiger partial charge in [-0.2, -0.15) is 4.31 Å². The van der Waals surface area contributed by atoms with Crippen molar-refractivity contribution in [2.75, 3.05) is 12.3 Å². The van der Waals surface area contributed by atoms with E-state index in [-0.39, 0.29) is 6.04 Å². The predicted octanol–water partition coefficient (Wildman–Crippen LogP) is 2.64. The third kappa shape index (κ3) is 2.69. The molecule has 1 heterocycles. The molecule has 1 saturated heterocycles. The Morgan fingerprint density at radius 3 is 2.65 bits per heavy atom. The summed E-state index contributed by atoms with van der Waals surface area (Å²) in [6.45, 7) is 6.77. The molecule has 4 nitrogen and oxygen atoms in total. The summed E-state index contributed by atoms with van der Waals surface area (Å²) in [6, 6.07) is 5.21. The quantitative estimate of drug-likeness (QED) is 0.869. The number of benzene rings is 1. The Morgan fingerprint density at radius 1 is 1.40 bits per heavy atom. The Labute approximate surface area is 122 Å². The second-order valence-corrected chi connectivity index (χ2v) is 7.67. The van der Waals surface area contributed by atoms with Gasteiger partial charge in [-0.15, -0.1) is 0 Å². The molecule has 1 atom stereocenters. The number of hydrogen-bond donors (Lipinski definition) is 1. The molecule has 1 aromatic carbocycles. The van der Waals surface area contributed by atoms with Crippen LogP contribution in [0.5, 0.6) is 0 Å². The van der Waals surface area contributed by atoms with Gasteiger partial charge in [0.15, 0.2) is 0 Å². The van der Waals surface area contributed by atoms with E-state index < -0.39 is 10.0 Å². The summed E-state index contributed by atoms with van der Waals surface area (Å²) in [5.74, 6) is 0.333. The zero-order chi connectivity index (χ0) is 14.9. The largest absolute Gasteiger partial charge is 0.398 e. The Kier molecular flexibility index (Phi) is 4.39. The van der Waals surface area contributed by atoms with Crippen LogP contribution in [0.15, 0.2) is 23.1 Å². The Balaban J connectivity index is 2.37. The Hall–Kier alpha value is -1.07. The monoisotopic (exact) mass is 296 g/mol. The number of nitrogens with zero attached hydrogens (tertiary/aromatic N) is 1. The van der Waals surface area contributed by atoms with Crippen LogP contribution in [0.2, 0.25) is 0 Å². The molecule has 2 rings (SSSR count). The summed E-state index contributed by atoms with van der Waals surface area (Å²) >= 11 is 0. The molecule has 0 aromatic heterocycles. The van der Waals surface area contributed by atoms with Crippen LogP contribution < -0.4 is 5.73 Å². The average Bonchev–Trinajstić information content (AvgIpc) is 2.88. The van der Waals surface area contributed by atoms with Gasteiger partial charge in [-0.3, -0.25) is 0 Å². The Bertz CT molecular complexity index is 582. The molecule has 20 heavy (non-hydrogen) atoms. The first-order valence-corrected chi connectivity index (χ1v) is 8.72. The summed E-state index contributed by atoms with van der Waals surface area (Å²) in [7, 11) is -3.43. The van der Waals surface area contributed by atoms with Crippen LogP contribution in [0.4, 0.5) is 5.69 Å². The molecule has 0 radical (unpaired) electrons. The maximum Gasteiger partial charge on any atom is 0.243 e. The third-order valence-electron chi connectivity index (χ3n) is 4.12. The average molecular weight is 296 g/mol. The van der Waals surface area contributed by atoms with E-state index in [1.807, 2.05) is 13.0 Å². The van der Waals surface area contributed by atoms with E-state index in [1.165, 1.54) is 0 Å². The van der Waals surface area contributed by atoms with Gasteiger partial charge in [0.25, 0.3) is 0 Å². The summed E-state index contributed by atoms with van der Waals surface area (Å²) < 4.78 is 27.2. The van der Waals surface area contributed by atoms with Crippen molar-refractivity contribution >= 4 is 15.7 Å². The molecule has 1 fully saturated rings. The van der Waals surface area contributed by atoms with Gasteiger partial charge >= 0.3 is 0 Å². The van der Waals surface area contributed by atoms with Gasteiger partial charge in [0.2, 0.25) is 10.0 Å². The third-order valence-corrected chi connectivity index (χ3v) is 6.04. The van der Waals surface area contributed by atoms with Gasteiger partial charge in [0.1, 0.15) is 0 Å². The maximum atomic E-state index is 12.8. The first kappa shape index (κ1) is 15.3. The standard InChI is InChI=1S/C15H24N2O2S/c1-4-12-7-8-13(10-14(12)16)20(18,19)17-9-5-6-15(17)11(2)3/h7-8,10-11,15H,4-6,9,16H2,1-3H3. The minimum absolute atomic E-state index is 0.104. The molecule has 0 saturated carbocycles. The lowest BCUT2D eigenvalue weighted by Crippen LogP contribution is -2.38. The van der Waals surface area contributed by atoms with Gasteiger partial charge in [-0.25, -0.2) is 8.42 Å². The van der Waals surface area contributed by atoms with E-state index in [4.69, 9.17) is 5.73 Å². The van der Waals surface area contributed by atoms with E-state index in [2.05, 4.69) is 13.8 Å². The number of rotatable bonds is 4. The summed E-state index contributed by atoms with van der Waals surface area (Å²) in [6.07, 6.45) is 2.69. The van der Waals surface area contributed by atoms with E-state index >= 15 is 0 Å². The highest BCUT2D eigenvalue weighted by molar-refractivity contribution is 7.89. The van der Waals surface area contributed by atoms with Crippen molar-refractivity contribution in [3.63, 3.8) is 0 Å². The van der Waals surface area contributed by atoms with E-state index in [9.17, 15) is 8.42 Å². The van der Waals surface area contributed by atoms with Crippen molar-refractivity contribution in [2.45, 2.75) is 51.0 Å². The Morgan fingerprint density at radius 2 is 2.10 bits per heavy atom. The van der Waals surface area contributed by atoms with Crippen LogP contribution >= 0.6 is 0 Å². The topological polar surface area (TPSA) is 63.4 Å². The molecule has 0 bridgehead atoms. The molecular weight excluding hydrogens is 272 g/mol. The van der Waals surface area contributed by atoms with Crippen molar-refractivity contribution in [3.05, 3.63) is 23.8 Å². The summed E-state index contributed by atoms with van der Waals surface area (Å²) in [5, 5.41) is 0. The van der Waals surface area contributed by atoms with Gasteiger partial charge < -0.3 is 5.73 Å². The fourth-order valence-corrected chi connectivity index (χ4v) is 4.78. The van der Waals surface area contributed by atoms with Crippen molar-refractivity contribution in [1.82, 2.24) is 4.31 Å². The SMILES string of the molecule is CCc1ccc(S(=O)(=O)N2CCCC2C(C)C)cc1N. The molecular formula is C15H24N2O2S. The second kappa shape index (κ2) is 5.74. The lowest BCUT2D eigenvalue weighted by atomic mass is 10.0. The van der Waals surface area contributed by atoms with E-state index in [0.717, 1.165) is 24.8 Å². The lowest BCUT2D eigenvalue weighted by molar-refractivity contribution is 0.316. The van der Waals surface area contributed by atoms with Crippen LogP contribution in [-0.2, 0) is 16.4 Å². The minimum atomic E-state index is -3.43. The maximum absolute atomic E-state index is 12.8. The number of nitrogens with two attached hydrogens (primary N) is 1. The van der Waals surface area contributed by atoms with Crippen LogP contribution in [0.3, 0.4) is 0 Å². The van der Waals surface area contributed by atoms with E-state index in [0.29, 0.717) is 23.0 Å². The highest BCUT2D eigenvalue weighted by Crippen LogP contribution is 2.31. The second-order valence-electron chi connectivity index (χ2n) is 5.78. The van der Waals surface area contributed by atoms with Crippen LogP contribution in [0.25, 0.3) is 0 Å². The molecule has 1 aliphatic rings. The normalized spacial score (nSPS) is 20.7. The van der Waals surface area contributed by atoms with Crippen molar-refractivity contribution < 1.29 is 8.42 Å². The molecule has 1 aromatic rings. The van der Waals surface area contributed by atoms with Crippen LogP contribution in [-0.4, -0.2) is 25.3 Å². The first-order valence-electron chi connectivity index (χ1n) is 7.28. The van der Waals surface area contributed by atoms with Crippen molar-refractivity contribution in [1.29, 1.82) is 0 Å². The fourth-order valence-electron chi connectivity index (χ4n) is 2.92. The van der Waals surface area contributed by atoms with Gasteiger partial charge in [0.05, 0.1) is 4.90 Å². The molecule has 112 valence electrons. The lowest BCUT2D eigenvalue weighted by Gasteiger charge is -2.27. The fraction of sp³-hybridized carbons (Fsp3) is 0.600. The summed E-state index contributed by atoms with van der Waals surface area (Å²) in [4.78, 5) is 0.319. The number of anilines is 1. The first-order chi connectivity index (χ1) is 9.37. The molecule has 0 amide bonds. The highest BCUT2D eigenvalue weighted by atomic mass is 32.2. The molecule has 0 aliphatic carbocycles. The molecule has 1 aliphatic heterocycles. The zero-order valence-corrected chi connectivity index (χ0v) is 13.3. The van der Waals surface area contributed by atoms with Crippen LogP contribution in [0.1, 0.15) is 39.2 Å². The van der Waals surface area contributed by atoms with Gasteiger partial charge in [0, 0.05) is 18.3 Å². The van der Waals surface area contributed by atoms with Crippen LogP contribution in [0, 0.1) is 5.92 Å². The molecule has 5 heteroatoms. The summed E-state index contributed by atoms with van der Waals surface area (Å²) in [5.41, 5.74) is 7.49. The number of hydrogen-bond acceptors (Lipinski definition) is 3. The van der Waals surface area contributed by atoms with E-state index in [1.54, 1.807) is 16.4 Å². The number of nitrogen functional groups attached to an aromatic ring is 1. The minimum Gasteiger partial charge on any atom is -0.398 e. The number of sulfonamides is 1. The molecule has 2 N–H and O–H groups in total. The zero-order valence-electron chi connectivity index (χ0n) is 12.5. The smallest absolute Gasteiger partial charge is 0.243 e. The molecule has 0 spiro atoms. The van der Waals surface area contributed by atoms with Crippen molar-refractivity contribution in [2.24, 2.45) is 5.92 Å². The number of aryl methyl sites for hydroxylation is 1.